The van der Waals surface area contributed by atoms with Gasteiger partial charge in [0.15, 0.2) is 0 Å². The number of morpholine rings is 1. The van der Waals surface area contributed by atoms with Crippen molar-refractivity contribution in [2.45, 2.75) is 19.0 Å². The number of hydrogen-bond donors (Lipinski definition) is 2. The topological polar surface area (TPSA) is 73.9 Å². The van der Waals surface area contributed by atoms with Crippen LogP contribution in [0.2, 0.25) is 0 Å². The van der Waals surface area contributed by atoms with Crippen LogP contribution < -0.4 is 10.6 Å². The first-order valence-electron chi connectivity index (χ1n) is 10.9. The van der Waals surface area contributed by atoms with Crippen molar-refractivity contribution >= 4 is 23.2 Å². The van der Waals surface area contributed by atoms with E-state index in [0.717, 1.165) is 52.4 Å². The fourth-order valence-corrected chi connectivity index (χ4v) is 5.04. The monoisotopic (exact) mass is 442 g/mol. The molecule has 7 nitrogen and oxygen atoms in total. The van der Waals surface area contributed by atoms with E-state index in [0.29, 0.717) is 13.1 Å². The fourth-order valence-electron chi connectivity index (χ4n) is 4.18. The third-order valence-electron chi connectivity index (χ3n) is 5.95. The Labute approximate surface area is 187 Å². The van der Waals surface area contributed by atoms with Crippen LogP contribution in [0.5, 0.6) is 0 Å². The molecule has 4 rings (SSSR count). The van der Waals surface area contributed by atoms with Crippen molar-refractivity contribution in [3.05, 3.63) is 57.8 Å². The third-order valence-corrected chi connectivity index (χ3v) is 6.93. The molecular weight excluding hydrogens is 412 g/mol. The predicted molar refractivity (Wildman–Crippen MR) is 121 cm³/mol. The van der Waals surface area contributed by atoms with Crippen LogP contribution in [0.25, 0.3) is 0 Å². The van der Waals surface area contributed by atoms with E-state index in [1.807, 2.05) is 6.07 Å². The Morgan fingerprint density at radius 1 is 1.00 bits per heavy atom. The summed E-state index contributed by atoms with van der Waals surface area (Å²) in [6.07, 6.45) is 0.994. The number of nitrogens with one attached hydrogen (secondary N) is 2. The molecule has 166 valence electrons. The van der Waals surface area contributed by atoms with Crippen molar-refractivity contribution in [1.29, 1.82) is 0 Å². The molecule has 2 N–H and O–H groups in total. The minimum atomic E-state index is -0.569. The van der Waals surface area contributed by atoms with Gasteiger partial charge in [-0.25, -0.2) is 0 Å². The number of thiophene rings is 1. The number of benzene rings is 1. The second kappa shape index (κ2) is 10.9. The third kappa shape index (κ3) is 5.92. The van der Waals surface area contributed by atoms with Gasteiger partial charge in [0, 0.05) is 50.7 Å². The van der Waals surface area contributed by atoms with Gasteiger partial charge < -0.3 is 15.4 Å². The molecule has 31 heavy (non-hydrogen) atoms. The lowest BCUT2D eigenvalue weighted by molar-refractivity contribution is -0.139. The normalized spacial score (nSPS) is 18.2. The predicted octanol–water partition coefficient (Wildman–Crippen LogP) is 1.41. The average molecular weight is 443 g/mol. The summed E-state index contributed by atoms with van der Waals surface area (Å²) in [5.41, 5.74) is 2.73. The number of amides is 2. The minimum Gasteiger partial charge on any atom is -0.379 e. The maximum absolute atomic E-state index is 12.4. The minimum absolute atomic E-state index is 0.0541. The first-order chi connectivity index (χ1) is 15.2. The van der Waals surface area contributed by atoms with Crippen LogP contribution >= 0.6 is 11.3 Å². The Morgan fingerprint density at radius 2 is 1.77 bits per heavy atom. The number of carbonyl (C=O) groups excluding carboxylic acids is 2. The molecule has 2 aromatic rings. The molecule has 0 aliphatic carbocycles. The summed E-state index contributed by atoms with van der Waals surface area (Å²) >= 11 is 1.69. The molecule has 0 saturated carbocycles. The number of carbonyl (C=O) groups is 2. The van der Waals surface area contributed by atoms with Crippen LogP contribution in [0.1, 0.15) is 22.0 Å². The number of fused-ring (bicyclic) bond motifs is 1. The highest BCUT2D eigenvalue weighted by Gasteiger charge is 2.26. The highest BCUT2D eigenvalue weighted by atomic mass is 32.1. The van der Waals surface area contributed by atoms with E-state index in [4.69, 9.17) is 4.74 Å². The molecule has 3 heterocycles. The number of ether oxygens (including phenoxy) is 1. The van der Waals surface area contributed by atoms with Gasteiger partial charge >= 0.3 is 11.8 Å². The largest absolute Gasteiger partial charge is 0.379 e. The Kier molecular flexibility index (Phi) is 7.69. The first kappa shape index (κ1) is 22.0. The van der Waals surface area contributed by atoms with Gasteiger partial charge in [-0.2, -0.15) is 0 Å². The summed E-state index contributed by atoms with van der Waals surface area (Å²) in [6, 6.07) is 12.7. The molecule has 1 fully saturated rings. The van der Waals surface area contributed by atoms with Crippen molar-refractivity contribution in [2.75, 3.05) is 52.5 Å². The molecule has 8 heteroatoms. The van der Waals surface area contributed by atoms with Gasteiger partial charge in [-0.1, -0.05) is 30.3 Å². The Hall–Kier alpha value is -2.26. The summed E-state index contributed by atoms with van der Waals surface area (Å²) in [5.74, 6) is -1.14. The van der Waals surface area contributed by atoms with E-state index in [2.05, 4.69) is 56.1 Å². The molecule has 1 aromatic carbocycles. The molecular formula is C23H30N4O3S. The second-order valence-electron chi connectivity index (χ2n) is 7.94. The van der Waals surface area contributed by atoms with Crippen LogP contribution in [-0.4, -0.2) is 74.1 Å². The highest BCUT2D eigenvalue weighted by molar-refractivity contribution is 7.10. The maximum Gasteiger partial charge on any atom is 0.309 e. The van der Waals surface area contributed by atoms with Gasteiger partial charge in [0.2, 0.25) is 0 Å². The first-order valence-corrected chi connectivity index (χ1v) is 11.8. The second-order valence-corrected chi connectivity index (χ2v) is 8.92. The van der Waals surface area contributed by atoms with Crippen LogP contribution in [0.3, 0.4) is 0 Å². The summed E-state index contributed by atoms with van der Waals surface area (Å²) < 4.78 is 5.32. The zero-order chi connectivity index (χ0) is 21.5. The molecule has 1 saturated heterocycles. The van der Waals surface area contributed by atoms with Gasteiger partial charge in [0.1, 0.15) is 0 Å². The summed E-state index contributed by atoms with van der Waals surface area (Å²) in [6.45, 7) is 6.56. The van der Waals surface area contributed by atoms with Crippen molar-refractivity contribution < 1.29 is 14.3 Å². The molecule has 1 atom stereocenters. The Morgan fingerprint density at radius 3 is 2.55 bits per heavy atom. The summed E-state index contributed by atoms with van der Waals surface area (Å²) in [4.78, 5) is 30.5. The Balaban J connectivity index is 1.29. The van der Waals surface area contributed by atoms with Crippen LogP contribution in [-0.2, 0) is 27.3 Å². The van der Waals surface area contributed by atoms with E-state index in [1.54, 1.807) is 11.3 Å². The zero-order valence-corrected chi connectivity index (χ0v) is 18.5. The molecule has 0 bridgehead atoms. The molecule has 1 aromatic heterocycles. The standard InChI is InChI=1S/C23H30N4O3S/c28-22(24-8-10-26-11-13-30-14-12-26)23(29)25-16-20(21-6-3-15-31-21)27-9-7-18-4-1-2-5-19(18)17-27/h1-6,15,20H,7-14,16-17H2,(H,24,28)(H,25,29)/t20-/m1/s1. The molecule has 2 aliphatic heterocycles. The van der Waals surface area contributed by atoms with E-state index < -0.39 is 11.8 Å². The lowest BCUT2D eigenvalue weighted by Crippen LogP contribution is -2.47. The molecule has 0 radical (unpaired) electrons. The van der Waals surface area contributed by atoms with Gasteiger partial charge in [0.05, 0.1) is 19.3 Å². The van der Waals surface area contributed by atoms with Gasteiger partial charge in [-0.05, 0) is 29.0 Å². The quantitative estimate of drug-likeness (QED) is 0.635. The lowest BCUT2D eigenvalue weighted by Gasteiger charge is -2.35. The van der Waals surface area contributed by atoms with Gasteiger partial charge in [-0.15, -0.1) is 11.3 Å². The molecule has 2 aliphatic rings. The summed E-state index contributed by atoms with van der Waals surface area (Å²) in [5, 5.41) is 7.65. The van der Waals surface area contributed by atoms with Crippen LogP contribution in [0, 0.1) is 0 Å². The molecule has 0 unspecified atom stereocenters. The van der Waals surface area contributed by atoms with Crippen molar-refractivity contribution in [2.24, 2.45) is 0 Å². The van der Waals surface area contributed by atoms with Crippen molar-refractivity contribution in [3.63, 3.8) is 0 Å². The van der Waals surface area contributed by atoms with E-state index in [1.165, 1.54) is 16.0 Å². The lowest BCUT2D eigenvalue weighted by atomic mass is 9.98. The summed E-state index contributed by atoms with van der Waals surface area (Å²) in [7, 11) is 0. The number of nitrogens with zero attached hydrogens (tertiary/aromatic N) is 2. The smallest absolute Gasteiger partial charge is 0.309 e. The van der Waals surface area contributed by atoms with Gasteiger partial charge in [0.25, 0.3) is 0 Å². The van der Waals surface area contributed by atoms with Gasteiger partial charge in [-0.3, -0.25) is 19.4 Å². The SMILES string of the molecule is O=C(NCCN1CCOCC1)C(=O)NC[C@H](c1cccs1)N1CCc2ccccc2C1. The zero-order valence-electron chi connectivity index (χ0n) is 17.7. The van der Waals surface area contributed by atoms with Crippen LogP contribution in [0.15, 0.2) is 41.8 Å². The van der Waals surface area contributed by atoms with Crippen molar-refractivity contribution in [3.8, 4) is 0 Å². The van der Waals surface area contributed by atoms with Crippen LogP contribution in [0.4, 0.5) is 0 Å². The molecule has 2 amide bonds. The fraction of sp³-hybridized carbons (Fsp3) is 0.478. The number of hydrogen-bond acceptors (Lipinski definition) is 6. The van der Waals surface area contributed by atoms with Crippen molar-refractivity contribution in [1.82, 2.24) is 20.4 Å². The van der Waals surface area contributed by atoms with E-state index in [-0.39, 0.29) is 6.04 Å². The number of rotatable bonds is 7. The highest BCUT2D eigenvalue weighted by Crippen LogP contribution is 2.29. The van der Waals surface area contributed by atoms with E-state index >= 15 is 0 Å². The molecule has 0 spiro atoms. The Bertz CT molecular complexity index is 867. The average Bonchev–Trinajstić information content (AvgIpc) is 3.34. The maximum atomic E-state index is 12.4. The van der Waals surface area contributed by atoms with E-state index in [9.17, 15) is 9.59 Å².